The van der Waals surface area contributed by atoms with E-state index in [4.69, 9.17) is 5.11 Å². The Bertz CT molecular complexity index is 407. The monoisotopic (exact) mass is 253 g/mol. The molecule has 0 atom stereocenters. The first kappa shape index (κ1) is 14.6. The number of unbranched alkanes of at least 4 members (excludes halogenated alkanes) is 1. The molecule has 0 bridgehead atoms. The predicted octanol–water partition coefficient (Wildman–Crippen LogP) is 3.15. The summed E-state index contributed by atoms with van der Waals surface area (Å²) in [6.45, 7) is 6.49. The van der Waals surface area contributed by atoms with E-state index in [2.05, 4.69) is 11.8 Å². The van der Waals surface area contributed by atoms with E-state index in [9.17, 15) is 9.18 Å². The van der Waals surface area contributed by atoms with Crippen molar-refractivity contribution in [3.05, 3.63) is 35.1 Å². The molecule has 0 aliphatic carbocycles. The summed E-state index contributed by atoms with van der Waals surface area (Å²) in [5.41, 5.74) is 0.547. The van der Waals surface area contributed by atoms with Crippen molar-refractivity contribution >= 4 is 5.97 Å². The highest BCUT2D eigenvalue weighted by Crippen LogP contribution is 2.13. The third-order valence-electron chi connectivity index (χ3n) is 2.97. The Hall–Kier alpha value is -1.42. The number of benzene rings is 1. The first-order valence-electron chi connectivity index (χ1n) is 6.32. The van der Waals surface area contributed by atoms with Gasteiger partial charge in [-0.15, -0.1) is 0 Å². The van der Waals surface area contributed by atoms with Crippen molar-refractivity contribution < 1.29 is 14.3 Å². The van der Waals surface area contributed by atoms with Gasteiger partial charge in [-0.3, -0.25) is 4.90 Å². The van der Waals surface area contributed by atoms with E-state index in [0.29, 0.717) is 12.1 Å². The largest absolute Gasteiger partial charge is 0.478 e. The summed E-state index contributed by atoms with van der Waals surface area (Å²) in [5, 5.41) is 8.77. The standard InChI is InChI=1S/C14H20FNO2/c1-3-5-8-16(4-2)10-12-7-6-11(14(17)18)9-13(12)15/h6-7,9H,3-5,8,10H2,1-2H3,(H,17,18). The molecule has 1 N–H and O–H groups in total. The van der Waals surface area contributed by atoms with Gasteiger partial charge in [0.25, 0.3) is 0 Å². The number of carbonyl (C=O) groups is 1. The Morgan fingerprint density at radius 1 is 1.39 bits per heavy atom. The molecule has 0 unspecified atom stereocenters. The summed E-state index contributed by atoms with van der Waals surface area (Å²) >= 11 is 0. The van der Waals surface area contributed by atoms with Crippen molar-refractivity contribution in [2.45, 2.75) is 33.2 Å². The van der Waals surface area contributed by atoms with Gasteiger partial charge in [-0.05, 0) is 31.6 Å². The highest BCUT2D eigenvalue weighted by atomic mass is 19.1. The van der Waals surface area contributed by atoms with E-state index in [1.807, 2.05) is 6.92 Å². The van der Waals surface area contributed by atoms with Gasteiger partial charge in [0.05, 0.1) is 5.56 Å². The molecule has 0 aliphatic heterocycles. The molecule has 0 amide bonds. The molecule has 3 nitrogen and oxygen atoms in total. The zero-order chi connectivity index (χ0) is 13.5. The van der Waals surface area contributed by atoms with Crippen LogP contribution in [0.5, 0.6) is 0 Å². The summed E-state index contributed by atoms with van der Waals surface area (Å²) < 4.78 is 13.7. The Labute approximate surface area is 107 Å². The van der Waals surface area contributed by atoms with Crippen molar-refractivity contribution in [2.24, 2.45) is 0 Å². The number of nitrogens with zero attached hydrogens (tertiary/aromatic N) is 1. The van der Waals surface area contributed by atoms with Crippen LogP contribution in [-0.2, 0) is 6.54 Å². The Morgan fingerprint density at radius 2 is 2.11 bits per heavy atom. The third-order valence-corrected chi connectivity index (χ3v) is 2.97. The first-order valence-corrected chi connectivity index (χ1v) is 6.32. The van der Waals surface area contributed by atoms with Crippen molar-refractivity contribution in [1.29, 1.82) is 0 Å². The van der Waals surface area contributed by atoms with Gasteiger partial charge in [-0.1, -0.05) is 26.3 Å². The van der Waals surface area contributed by atoms with Crippen molar-refractivity contribution in [3.8, 4) is 0 Å². The molecule has 0 radical (unpaired) electrons. The van der Waals surface area contributed by atoms with Crippen LogP contribution >= 0.6 is 0 Å². The topological polar surface area (TPSA) is 40.5 Å². The van der Waals surface area contributed by atoms with Crippen LogP contribution in [0, 0.1) is 5.82 Å². The van der Waals surface area contributed by atoms with Crippen molar-refractivity contribution in [1.82, 2.24) is 4.90 Å². The second-order valence-corrected chi connectivity index (χ2v) is 4.33. The normalized spacial score (nSPS) is 10.9. The Kier molecular flexibility index (Phi) is 5.78. The molecule has 1 aromatic rings. The SMILES string of the molecule is CCCCN(CC)Cc1ccc(C(=O)O)cc1F. The summed E-state index contributed by atoms with van der Waals surface area (Å²) in [7, 11) is 0. The number of aromatic carboxylic acids is 1. The highest BCUT2D eigenvalue weighted by molar-refractivity contribution is 5.87. The van der Waals surface area contributed by atoms with Crippen LogP contribution in [0.2, 0.25) is 0 Å². The number of carboxylic acids is 1. The van der Waals surface area contributed by atoms with E-state index in [1.165, 1.54) is 6.07 Å². The molecular weight excluding hydrogens is 233 g/mol. The van der Waals surface area contributed by atoms with Gasteiger partial charge in [0.2, 0.25) is 0 Å². The first-order chi connectivity index (χ1) is 8.58. The predicted molar refractivity (Wildman–Crippen MR) is 69.2 cm³/mol. The van der Waals surface area contributed by atoms with Crippen molar-refractivity contribution in [3.63, 3.8) is 0 Å². The van der Waals surface area contributed by atoms with Crippen LogP contribution in [0.3, 0.4) is 0 Å². The zero-order valence-corrected chi connectivity index (χ0v) is 10.9. The molecule has 0 saturated heterocycles. The zero-order valence-electron chi connectivity index (χ0n) is 10.9. The van der Waals surface area contributed by atoms with Gasteiger partial charge in [-0.25, -0.2) is 9.18 Å². The number of hydrogen-bond donors (Lipinski definition) is 1. The second-order valence-electron chi connectivity index (χ2n) is 4.33. The fourth-order valence-electron chi connectivity index (χ4n) is 1.78. The molecule has 0 heterocycles. The number of rotatable bonds is 7. The van der Waals surface area contributed by atoms with Crippen LogP contribution in [0.4, 0.5) is 4.39 Å². The van der Waals surface area contributed by atoms with Gasteiger partial charge in [0.15, 0.2) is 0 Å². The third kappa shape index (κ3) is 4.11. The van der Waals surface area contributed by atoms with E-state index in [-0.39, 0.29) is 5.56 Å². The summed E-state index contributed by atoms with van der Waals surface area (Å²) in [6.07, 6.45) is 2.19. The number of carboxylic acid groups (broad SMARTS) is 1. The van der Waals surface area contributed by atoms with E-state index in [0.717, 1.165) is 32.0 Å². The summed E-state index contributed by atoms with van der Waals surface area (Å²) in [4.78, 5) is 12.9. The van der Waals surface area contributed by atoms with Gasteiger partial charge >= 0.3 is 5.97 Å². The molecule has 100 valence electrons. The lowest BCUT2D eigenvalue weighted by atomic mass is 10.1. The molecule has 1 aromatic carbocycles. The maximum Gasteiger partial charge on any atom is 0.335 e. The Morgan fingerprint density at radius 3 is 2.61 bits per heavy atom. The van der Waals surface area contributed by atoms with Crippen LogP contribution < -0.4 is 0 Å². The molecule has 0 aliphatic rings. The summed E-state index contributed by atoms with van der Waals surface area (Å²) in [6, 6.07) is 4.10. The lowest BCUT2D eigenvalue weighted by Crippen LogP contribution is -2.24. The fraction of sp³-hybridized carbons (Fsp3) is 0.500. The van der Waals surface area contributed by atoms with Crippen LogP contribution in [0.1, 0.15) is 42.6 Å². The van der Waals surface area contributed by atoms with Gasteiger partial charge in [0.1, 0.15) is 5.82 Å². The molecule has 0 saturated carbocycles. The maximum absolute atomic E-state index is 13.7. The fourth-order valence-corrected chi connectivity index (χ4v) is 1.78. The molecule has 1 rings (SSSR count). The Balaban J connectivity index is 2.74. The van der Waals surface area contributed by atoms with Crippen molar-refractivity contribution in [2.75, 3.05) is 13.1 Å². The lowest BCUT2D eigenvalue weighted by molar-refractivity contribution is 0.0696. The smallest absolute Gasteiger partial charge is 0.335 e. The minimum Gasteiger partial charge on any atom is -0.478 e. The van der Waals surface area contributed by atoms with E-state index in [1.54, 1.807) is 6.07 Å². The molecule has 4 heteroatoms. The molecule has 0 fully saturated rings. The maximum atomic E-state index is 13.7. The molecule has 0 aromatic heterocycles. The van der Waals surface area contributed by atoms with Gasteiger partial charge < -0.3 is 5.11 Å². The molecular formula is C14H20FNO2. The number of halogens is 1. The van der Waals surface area contributed by atoms with Crippen LogP contribution in [0.25, 0.3) is 0 Å². The summed E-state index contributed by atoms with van der Waals surface area (Å²) in [5.74, 6) is -1.54. The molecule has 0 spiro atoms. The lowest BCUT2D eigenvalue weighted by Gasteiger charge is -2.20. The van der Waals surface area contributed by atoms with E-state index < -0.39 is 11.8 Å². The quantitative estimate of drug-likeness (QED) is 0.811. The minimum atomic E-state index is -1.10. The van der Waals surface area contributed by atoms with Gasteiger partial charge in [0, 0.05) is 12.1 Å². The minimum absolute atomic E-state index is 0.00661. The second kappa shape index (κ2) is 7.11. The average Bonchev–Trinajstić information content (AvgIpc) is 2.35. The molecule has 18 heavy (non-hydrogen) atoms. The van der Waals surface area contributed by atoms with Crippen LogP contribution in [0.15, 0.2) is 18.2 Å². The van der Waals surface area contributed by atoms with E-state index >= 15 is 0 Å². The highest BCUT2D eigenvalue weighted by Gasteiger charge is 2.10. The average molecular weight is 253 g/mol. The van der Waals surface area contributed by atoms with Gasteiger partial charge in [-0.2, -0.15) is 0 Å². The number of hydrogen-bond acceptors (Lipinski definition) is 2. The van der Waals surface area contributed by atoms with Crippen LogP contribution in [-0.4, -0.2) is 29.1 Å².